The second kappa shape index (κ2) is 10.4. The van der Waals surface area contributed by atoms with Crippen molar-refractivity contribution in [3.8, 4) is 0 Å². The summed E-state index contributed by atoms with van der Waals surface area (Å²) in [5, 5.41) is 14.5. The van der Waals surface area contributed by atoms with Crippen LogP contribution < -0.4 is 10.6 Å². The van der Waals surface area contributed by atoms with Crippen LogP contribution in [-0.2, 0) is 16.0 Å². The minimum atomic E-state index is -1.14. The van der Waals surface area contributed by atoms with Gasteiger partial charge >= 0.3 is 5.97 Å². The summed E-state index contributed by atoms with van der Waals surface area (Å²) in [7, 11) is 0. The molecule has 0 aromatic heterocycles. The van der Waals surface area contributed by atoms with Gasteiger partial charge in [0, 0.05) is 12.0 Å². The lowest BCUT2D eigenvalue weighted by Crippen LogP contribution is -2.52. The molecule has 6 nitrogen and oxygen atoms in total. The number of nitrogens with one attached hydrogen (secondary N) is 2. The lowest BCUT2D eigenvalue weighted by Gasteiger charge is -2.22. The van der Waals surface area contributed by atoms with Crippen LogP contribution in [0.15, 0.2) is 54.6 Å². The number of benzene rings is 2. The summed E-state index contributed by atoms with van der Waals surface area (Å²) in [5.41, 5.74) is 0.871. The molecule has 2 aromatic rings. The predicted octanol–water partition coefficient (Wildman–Crippen LogP) is 2.78. The van der Waals surface area contributed by atoms with Crippen molar-refractivity contribution in [2.24, 2.45) is 5.92 Å². The number of halogens is 1. The monoisotopic (exact) mass is 400 g/mol. The average molecular weight is 400 g/mol. The van der Waals surface area contributed by atoms with Crippen molar-refractivity contribution in [3.63, 3.8) is 0 Å². The Bertz CT molecular complexity index is 855. The molecule has 2 unspecified atom stereocenters. The number of carbonyl (C=O) groups is 3. The fourth-order valence-corrected chi connectivity index (χ4v) is 2.90. The van der Waals surface area contributed by atoms with Crippen molar-refractivity contribution in [2.45, 2.75) is 38.8 Å². The van der Waals surface area contributed by atoms with Gasteiger partial charge in [-0.05, 0) is 36.1 Å². The minimum absolute atomic E-state index is 0.0610. The molecule has 154 valence electrons. The van der Waals surface area contributed by atoms with E-state index in [1.165, 1.54) is 18.2 Å². The normalized spacial score (nSPS) is 12.8. The minimum Gasteiger partial charge on any atom is -0.480 e. The van der Waals surface area contributed by atoms with E-state index in [9.17, 15) is 23.9 Å². The van der Waals surface area contributed by atoms with Crippen LogP contribution in [0.3, 0.4) is 0 Å². The molecule has 0 heterocycles. The molecule has 0 saturated carbocycles. The molecule has 2 atom stereocenters. The van der Waals surface area contributed by atoms with Gasteiger partial charge in [-0.2, -0.15) is 0 Å². The zero-order chi connectivity index (χ0) is 21.4. The second-order valence-corrected chi connectivity index (χ2v) is 7.26. The van der Waals surface area contributed by atoms with Gasteiger partial charge in [-0.15, -0.1) is 0 Å². The molecule has 0 aliphatic rings. The quantitative estimate of drug-likeness (QED) is 0.603. The number of hydrogen-bond donors (Lipinski definition) is 3. The molecule has 2 amide bonds. The van der Waals surface area contributed by atoms with E-state index in [1.807, 2.05) is 19.9 Å². The lowest BCUT2D eigenvalue weighted by molar-refractivity contribution is -0.142. The Morgan fingerprint density at radius 1 is 0.966 bits per heavy atom. The van der Waals surface area contributed by atoms with Crippen molar-refractivity contribution in [1.29, 1.82) is 0 Å². The molecule has 0 aliphatic carbocycles. The Kier molecular flexibility index (Phi) is 7.88. The summed E-state index contributed by atoms with van der Waals surface area (Å²) in [6.45, 7) is 3.71. The fourth-order valence-electron chi connectivity index (χ4n) is 2.90. The summed E-state index contributed by atoms with van der Waals surface area (Å²) < 4.78 is 13.4. The third kappa shape index (κ3) is 7.03. The standard InChI is InChI=1S/C22H25FN2O4/c1-14(2)11-19(22(28)29)25-21(27)18(12-15-7-4-3-5-8-15)24-20(26)16-9-6-10-17(23)13-16/h3-10,13-14,18-19H,11-12H2,1-2H3,(H,24,26)(H,25,27)(H,28,29). The van der Waals surface area contributed by atoms with Crippen LogP contribution in [0.2, 0.25) is 0 Å². The molecule has 0 radical (unpaired) electrons. The maximum atomic E-state index is 13.4. The number of aliphatic carboxylic acids is 1. The highest BCUT2D eigenvalue weighted by molar-refractivity contribution is 5.98. The lowest BCUT2D eigenvalue weighted by atomic mass is 10.0. The molecule has 0 bridgehead atoms. The third-order valence-corrected chi connectivity index (χ3v) is 4.31. The molecule has 0 aliphatic heterocycles. The zero-order valence-electron chi connectivity index (χ0n) is 16.4. The van der Waals surface area contributed by atoms with Crippen molar-refractivity contribution < 1.29 is 23.9 Å². The van der Waals surface area contributed by atoms with Crippen LogP contribution >= 0.6 is 0 Å². The number of amides is 2. The molecular formula is C22H25FN2O4. The second-order valence-electron chi connectivity index (χ2n) is 7.26. The first kappa shape index (κ1) is 22.1. The van der Waals surface area contributed by atoms with Crippen molar-refractivity contribution in [3.05, 3.63) is 71.5 Å². The molecule has 2 aromatic carbocycles. The fraction of sp³-hybridized carbons (Fsp3) is 0.318. The number of rotatable bonds is 9. The molecule has 29 heavy (non-hydrogen) atoms. The van der Waals surface area contributed by atoms with Gasteiger partial charge in [-0.3, -0.25) is 9.59 Å². The first-order valence-electron chi connectivity index (χ1n) is 9.39. The van der Waals surface area contributed by atoms with Gasteiger partial charge in [0.25, 0.3) is 5.91 Å². The average Bonchev–Trinajstić information content (AvgIpc) is 2.67. The predicted molar refractivity (Wildman–Crippen MR) is 107 cm³/mol. The molecule has 2 rings (SSSR count). The summed E-state index contributed by atoms with van der Waals surface area (Å²) >= 11 is 0. The van der Waals surface area contributed by atoms with E-state index in [1.54, 1.807) is 24.3 Å². The summed E-state index contributed by atoms with van der Waals surface area (Å²) in [5.74, 6) is -2.86. The SMILES string of the molecule is CC(C)CC(NC(=O)C(Cc1ccccc1)NC(=O)c1cccc(F)c1)C(=O)O. The van der Waals surface area contributed by atoms with Gasteiger partial charge in [0.1, 0.15) is 17.9 Å². The van der Waals surface area contributed by atoms with Crippen molar-refractivity contribution >= 4 is 17.8 Å². The van der Waals surface area contributed by atoms with Gasteiger partial charge in [0.2, 0.25) is 5.91 Å². The van der Waals surface area contributed by atoms with Crippen LogP contribution in [0.1, 0.15) is 36.2 Å². The van der Waals surface area contributed by atoms with E-state index in [4.69, 9.17) is 0 Å². The van der Waals surface area contributed by atoms with E-state index in [0.29, 0.717) is 0 Å². The first-order valence-corrected chi connectivity index (χ1v) is 9.39. The molecule has 0 saturated heterocycles. The van der Waals surface area contributed by atoms with Gasteiger partial charge in [-0.1, -0.05) is 50.2 Å². The number of carboxylic acid groups (broad SMARTS) is 1. The van der Waals surface area contributed by atoms with Crippen LogP contribution in [0, 0.1) is 11.7 Å². The Morgan fingerprint density at radius 3 is 2.24 bits per heavy atom. The van der Waals surface area contributed by atoms with Crippen LogP contribution in [0.25, 0.3) is 0 Å². The Hall–Kier alpha value is -3.22. The number of hydrogen-bond acceptors (Lipinski definition) is 3. The van der Waals surface area contributed by atoms with Gasteiger partial charge < -0.3 is 15.7 Å². The maximum absolute atomic E-state index is 13.4. The highest BCUT2D eigenvalue weighted by atomic mass is 19.1. The van der Waals surface area contributed by atoms with Crippen molar-refractivity contribution in [2.75, 3.05) is 0 Å². The third-order valence-electron chi connectivity index (χ3n) is 4.31. The van der Waals surface area contributed by atoms with Crippen LogP contribution in [0.4, 0.5) is 4.39 Å². The zero-order valence-corrected chi connectivity index (χ0v) is 16.4. The van der Waals surface area contributed by atoms with Gasteiger partial charge in [0.05, 0.1) is 0 Å². The highest BCUT2D eigenvalue weighted by Crippen LogP contribution is 2.09. The van der Waals surface area contributed by atoms with Crippen LogP contribution in [0.5, 0.6) is 0 Å². The topological polar surface area (TPSA) is 95.5 Å². The van der Waals surface area contributed by atoms with Crippen molar-refractivity contribution in [1.82, 2.24) is 10.6 Å². The Labute approximate surface area is 169 Å². The molecule has 0 spiro atoms. The maximum Gasteiger partial charge on any atom is 0.326 e. The first-order chi connectivity index (χ1) is 13.8. The largest absolute Gasteiger partial charge is 0.480 e. The Balaban J connectivity index is 2.20. The molecule has 0 fully saturated rings. The van der Waals surface area contributed by atoms with Gasteiger partial charge in [-0.25, -0.2) is 9.18 Å². The van der Waals surface area contributed by atoms with E-state index >= 15 is 0 Å². The highest BCUT2D eigenvalue weighted by Gasteiger charge is 2.27. The molecular weight excluding hydrogens is 375 g/mol. The Morgan fingerprint density at radius 2 is 1.66 bits per heavy atom. The molecule has 7 heteroatoms. The smallest absolute Gasteiger partial charge is 0.326 e. The van der Waals surface area contributed by atoms with E-state index in [-0.39, 0.29) is 24.3 Å². The number of carbonyl (C=O) groups excluding carboxylic acids is 2. The van der Waals surface area contributed by atoms with E-state index < -0.39 is 35.7 Å². The number of carboxylic acids is 1. The summed E-state index contributed by atoms with van der Waals surface area (Å²) in [6, 6.07) is 12.1. The summed E-state index contributed by atoms with van der Waals surface area (Å²) in [6.07, 6.45) is 0.429. The van der Waals surface area contributed by atoms with Crippen LogP contribution in [-0.4, -0.2) is 35.0 Å². The van der Waals surface area contributed by atoms with E-state index in [0.717, 1.165) is 11.6 Å². The summed E-state index contributed by atoms with van der Waals surface area (Å²) in [4.78, 5) is 36.8. The van der Waals surface area contributed by atoms with E-state index in [2.05, 4.69) is 10.6 Å². The molecule has 3 N–H and O–H groups in total. The van der Waals surface area contributed by atoms with Gasteiger partial charge in [0.15, 0.2) is 0 Å².